The zero-order valence-electron chi connectivity index (χ0n) is 10.1. The Kier molecular flexibility index (Phi) is 2.62. The van der Waals surface area contributed by atoms with Crippen LogP contribution in [0.3, 0.4) is 0 Å². The number of nitrogens with zero attached hydrogens (tertiary/aromatic N) is 1. The summed E-state index contributed by atoms with van der Waals surface area (Å²) in [6.45, 7) is 3.62. The molecular formula is C14H21NO. The van der Waals surface area contributed by atoms with Crippen LogP contribution in [0.5, 0.6) is 0 Å². The van der Waals surface area contributed by atoms with E-state index in [0.717, 1.165) is 12.8 Å². The first-order chi connectivity index (χ1) is 7.75. The van der Waals surface area contributed by atoms with Gasteiger partial charge in [-0.3, -0.25) is 9.69 Å². The van der Waals surface area contributed by atoms with E-state index in [1.165, 1.54) is 37.8 Å². The number of allylic oxidation sites excluding steroid dienone is 1. The summed E-state index contributed by atoms with van der Waals surface area (Å²) in [5.41, 5.74) is 1.46. The molecule has 0 saturated carbocycles. The van der Waals surface area contributed by atoms with Gasteiger partial charge in [-0.05, 0) is 45.2 Å². The van der Waals surface area contributed by atoms with Gasteiger partial charge in [0.2, 0.25) is 0 Å². The van der Waals surface area contributed by atoms with Crippen LogP contribution < -0.4 is 0 Å². The fraction of sp³-hybridized carbons (Fsp3) is 0.786. The zero-order chi connectivity index (χ0) is 11.1. The number of rotatable bonds is 0. The van der Waals surface area contributed by atoms with Gasteiger partial charge in [0, 0.05) is 24.4 Å². The van der Waals surface area contributed by atoms with E-state index < -0.39 is 0 Å². The van der Waals surface area contributed by atoms with Gasteiger partial charge >= 0.3 is 0 Å². The fourth-order valence-corrected chi connectivity index (χ4v) is 3.86. The average Bonchev–Trinajstić information content (AvgIpc) is 2.62. The van der Waals surface area contributed by atoms with Crippen molar-refractivity contribution >= 4 is 5.78 Å². The summed E-state index contributed by atoms with van der Waals surface area (Å²) >= 11 is 0. The molecule has 2 fully saturated rings. The molecule has 1 aliphatic carbocycles. The van der Waals surface area contributed by atoms with Crippen molar-refractivity contribution in [3.63, 3.8) is 0 Å². The fourth-order valence-electron chi connectivity index (χ4n) is 3.86. The summed E-state index contributed by atoms with van der Waals surface area (Å²) in [4.78, 5) is 14.3. The lowest BCUT2D eigenvalue weighted by molar-refractivity contribution is -0.114. The summed E-state index contributed by atoms with van der Waals surface area (Å²) < 4.78 is 0. The summed E-state index contributed by atoms with van der Waals surface area (Å²) in [7, 11) is 0. The number of hydrogen-bond donors (Lipinski definition) is 0. The minimum atomic E-state index is 0.375. The van der Waals surface area contributed by atoms with Crippen molar-refractivity contribution in [3.8, 4) is 0 Å². The molecule has 3 atom stereocenters. The molecule has 2 unspecified atom stereocenters. The van der Waals surface area contributed by atoms with Crippen molar-refractivity contribution in [2.45, 2.75) is 57.5 Å². The van der Waals surface area contributed by atoms with Crippen LogP contribution in [0.25, 0.3) is 0 Å². The molecule has 0 N–H and O–H groups in total. The third-order valence-electron chi connectivity index (χ3n) is 4.72. The summed E-state index contributed by atoms with van der Waals surface area (Å²) in [5, 5.41) is 0. The van der Waals surface area contributed by atoms with Crippen LogP contribution >= 0.6 is 0 Å². The highest BCUT2D eigenvalue weighted by molar-refractivity contribution is 5.93. The Hall–Kier alpha value is -0.630. The van der Waals surface area contributed by atoms with E-state index in [9.17, 15) is 4.79 Å². The van der Waals surface area contributed by atoms with E-state index in [2.05, 4.69) is 11.8 Å². The predicted molar refractivity (Wildman–Crippen MR) is 64.2 cm³/mol. The van der Waals surface area contributed by atoms with E-state index >= 15 is 0 Å². The monoisotopic (exact) mass is 219 g/mol. The van der Waals surface area contributed by atoms with E-state index in [1.54, 1.807) is 0 Å². The molecule has 88 valence electrons. The maximum Gasteiger partial charge on any atom is 0.156 e. The lowest BCUT2D eigenvalue weighted by Crippen LogP contribution is -2.47. The summed E-state index contributed by atoms with van der Waals surface area (Å²) in [5.74, 6) is 0.942. The Morgan fingerprint density at radius 3 is 3.06 bits per heavy atom. The standard InChI is InChI=1S/C14H21NO/c1-10-5-6-11-8-12(16)9-13(11)14-4-2-3-7-15(10)14/h8,10,13-14H,2-7,9H2,1H3/t10-,13?,14?/m0/s1. The van der Waals surface area contributed by atoms with Crippen LogP contribution in [0.2, 0.25) is 0 Å². The molecule has 16 heavy (non-hydrogen) atoms. The highest BCUT2D eigenvalue weighted by Crippen LogP contribution is 2.40. The number of carbonyl (C=O) groups is 1. The minimum absolute atomic E-state index is 0.375. The second-order valence-electron chi connectivity index (χ2n) is 5.68. The van der Waals surface area contributed by atoms with Crippen LogP contribution in [0.15, 0.2) is 11.6 Å². The zero-order valence-corrected chi connectivity index (χ0v) is 10.1. The average molecular weight is 219 g/mol. The van der Waals surface area contributed by atoms with Crippen molar-refractivity contribution in [2.24, 2.45) is 5.92 Å². The van der Waals surface area contributed by atoms with E-state index in [1.807, 2.05) is 6.08 Å². The molecule has 3 aliphatic rings. The van der Waals surface area contributed by atoms with Crippen LogP contribution in [0.1, 0.15) is 45.4 Å². The Labute approximate surface area is 97.7 Å². The van der Waals surface area contributed by atoms with Crippen LogP contribution in [0, 0.1) is 5.92 Å². The SMILES string of the molecule is C[C@H]1CCC2=CC(=O)CC2C2CCCCN21. The van der Waals surface area contributed by atoms with Gasteiger partial charge in [0.05, 0.1) is 0 Å². The number of carbonyl (C=O) groups excluding carboxylic acids is 1. The first-order valence-electron chi connectivity index (χ1n) is 6.75. The number of fused-ring (bicyclic) bond motifs is 3. The van der Waals surface area contributed by atoms with Gasteiger partial charge in [-0.1, -0.05) is 12.0 Å². The third kappa shape index (κ3) is 1.64. The Morgan fingerprint density at radius 2 is 2.19 bits per heavy atom. The van der Waals surface area contributed by atoms with Crippen molar-refractivity contribution in [3.05, 3.63) is 11.6 Å². The molecule has 0 aromatic carbocycles. The lowest BCUT2D eigenvalue weighted by atomic mass is 9.86. The van der Waals surface area contributed by atoms with E-state index in [-0.39, 0.29) is 0 Å². The topological polar surface area (TPSA) is 20.3 Å². The first kappa shape index (κ1) is 10.5. The molecular weight excluding hydrogens is 198 g/mol. The number of hydrogen-bond acceptors (Lipinski definition) is 2. The van der Waals surface area contributed by atoms with Gasteiger partial charge in [-0.2, -0.15) is 0 Å². The number of ketones is 1. The van der Waals surface area contributed by atoms with Crippen molar-refractivity contribution in [1.29, 1.82) is 0 Å². The molecule has 0 bridgehead atoms. The number of piperidine rings is 1. The molecule has 0 spiro atoms. The molecule has 0 radical (unpaired) electrons. The Morgan fingerprint density at radius 1 is 1.31 bits per heavy atom. The Bertz CT molecular complexity index is 334. The maximum atomic E-state index is 11.6. The van der Waals surface area contributed by atoms with E-state index in [4.69, 9.17) is 0 Å². The molecule has 0 aromatic heterocycles. The largest absolute Gasteiger partial charge is 0.297 e. The van der Waals surface area contributed by atoms with Gasteiger partial charge < -0.3 is 0 Å². The molecule has 2 saturated heterocycles. The Balaban J connectivity index is 1.90. The van der Waals surface area contributed by atoms with Crippen molar-refractivity contribution < 1.29 is 4.79 Å². The van der Waals surface area contributed by atoms with Gasteiger partial charge in [0.1, 0.15) is 0 Å². The molecule has 3 rings (SSSR count). The summed E-state index contributed by atoms with van der Waals surface area (Å²) in [6, 6.07) is 1.39. The quantitative estimate of drug-likeness (QED) is 0.624. The predicted octanol–water partition coefficient (Wildman–Crippen LogP) is 2.54. The summed E-state index contributed by atoms with van der Waals surface area (Å²) in [6.07, 6.45) is 9.15. The second-order valence-corrected chi connectivity index (χ2v) is 5.68. The minimum Gasteiger partial charge on any atom is -0.297 e. The van der Waals surface area contributed by atoms with Crippen molar-refractivity contribution in [2.75, 3.05) is 6.54 Å². The smallest absolute Gasteiger partial charge is 0.156 e. The van der Waals surface area contributed by atoms with Crippen LogP contribution in [0.4, 0.5) is 0 Å². The molecule has 2 heteroatoms. The first-order valence-corrected chi connectivity index (χ1v) is 6.75. The van der Waals surface area contributed by atoms with Gasteiger partial charge in [-0.15, -0.1) is 0 Å². The normalized spacial score (nSPS) is 39.9. The second kappa shape index (κ2) is 3.99. The molecule has 0 amide bonds. The maximum absolute atomic E-state index is 11.6. The highest BCUT2D eigenvalue weighted by atomic mass is 16.1. The van der Waals surface area contributed by atoms with Gasteiger partial charge in [-0.25, -0.2) is 0 Å². The highest BCUT2D eigenvalue weighted by Gasteiger charge is 2.40. The molecule has 2 nitrogen and oxygen atoms in total. The van der Waals surface area contributed by atoms with Gasteiger partial charge in [0.25, 0.3) is 0 Å². The van der Waals surface area contributed by atoms with E-state index in [0.29, 0.717) is 23.8 Å². The van der Waals surface area contributed by atoms with Crippen molar-refractivity contribution in [1.82, 2.24) is 4.90 Å². The lowest BCUT2D eigenvalue weighted by Gasteiger charge is -2.41. The molecule has 0 aromatic rings. The third-order valence-corrected chi connectivity index (χ3v) is 4.72. The van der Waals surface area contributed by atoms with Crippen LogP contribution in [-0.4, -0.2) is 29.3 Å². The molecule has 2 heterocycles. The molecule has 2 aliphatic heterocycles. The van der Waals surface area contributed by atoms with Crippen LogP contribution in [-0.2, 0) is 4.79 Å². The van der Waals surface area contributed by atoms with Gasteiger partial charge in [0.15, 0.2) is 5.78 Å².